The lowest BCUT2D eigenvalue weighted by molar-refractivity contribution is -0.137. The summed E-state index contributed by atoms with van der Waals surface area (Å²) in [5, 5.41) is 8.51. The van der Waals surface area contributed by atoms with Crippen LogP contribution in [0.5, 0.6) is 0 Å². The summed E-state index contributed by atoms with van der Waals surface area (Å²) in [5.74, 6) is 17.8. The van der Waals surface area contributed by atoms with Gasteiger partial charge in [0.1, 0.15) is 0 Å². The van der Waals surface area contributed by atoms with Gasteiger partial charge in [0.15, 0.2) is 0 Å². The Bertz CT molecular complexity index is 485. The Morgan fingerprint density at radius 1 is 0.667 bits per heavy atom. The van der Waals surface area contributed by atoms with Gasteiger partial charge in [-0.05, 0) is 19.3 Å². The molecule has 0 bridgehead atoms. The van der Waals surface area contributed by atoms with E-state index < -0.39 is 5.97 Å². The van der Waals surface area contributed by atoms with Crippen LogP contribution in [0.1, 0.15) is 96.8 Å². The van der Waals surface area contributed by atoms with Crippen molar-refractivity contribution < 1.29 is 9.90 Å². The summed E-state index contributed by atoms with van der Waals surface area (Å²) in [6.07, 6.45) is 13.8. The minimum atomic E-state index is -0.704. The minimum absolute atomic E-state index is 0.281. The fourth-order valence-corrected chi connectivity index (χ4v) is 2.18. The van der Waals surface area contributed by atoms with Gasteiger partial charge in [-0.15, -0.1) is 11.8 Å². The van der Waals surface area contributed by atoms with Crippen molar-refractivity contribution >= 4 is 5.97 Å². The van der Waals surface area contributed by atoms with Crippen molar-refractivity contribution in [1.82, 2.24) is 0 Å². The molecule has 0 aliphatic carbocycles. The first-order valence-corrected chi connectivity index (χ1v) is 9.36. The largest absolute Gasteiger partial charge is 0.481 e. The number of carbonyl (C=O) groups is 1. The fraction of sp³-hybridized carbons (Fsp3) is 0.682. The van der Waals surface area contributed by atoms with Crippen LogP contribution in [0.3, 0.4) is 0 Å². The number of hydrogen-bond donors (Lipinski definition) is 1. The van der Waals surface area contributed by atoms with Crippen LogP contribution in [-0.2, 0) is 4.79 Å². The van der Waals surface area contributed by atoms with E-state index in [9.17, 15) is 4.79 Å². The molecule has 0 aliphatic rings. The van der Waals surface area contributed by atoms with Crippen molar-refractivity contribution in [1.29, 1.82) is 0 Å². The van der Waals surface area contributed by atoms with E-state index in [2.05, 4.69) is 42.4 Å². The molecule has 0 spiro atoms. The molecule has 0 atom stereocenters. The summed E-state index contributed by atoms with van der Waals surface area (Å²) < 4.78 is 0. The van der Waals surface area contributed by atoms with Crippen LogP contribution in [0.2, 0.25) is 0 Å². The van der Waals surface area contributed by atoms with Crippen molar-refractivity contribution in [2.24, 2.45) is 0 Å². The lowest BCUT2D eigenvalue weighted by atomic mass is 10.1. The van der Waals surface area contributed by atoms with E-state index in [1.807, 2.05) is 0 Å². The standard InChI is InChI=1S/C22H32O2/c1-2-3-4-5-6-7-8-9-10-11-12-13-14-15-16-17-18-19-20-21-22(23)24/h2-7,10,13,16-21H2,1H3,(H,23,24). The van der Waals surface area contributed by atoms with Gasteiger partial charge >= 0.3 is 5.97 Å². The van der Waals surface area contributed by atoms with E-state index in [-0.39, 0.29) is 6.42 Å². The first kappa shape index (κ1) is 22.1. The predicted molar refractivity (Wildman–Crippen MR) is 101 cm³/mol. The Morgan fingerprint density at radius 2 is 1.12 bits per heavy atom. The van der Waals surface area contributed by atoms with Gasteiger partial charge < -0.3 is 5.11 Å². The summed E-state index contributed by atoms with van der Waals surface area (Å²) >= 11 is 0. The molecule has 1 N–H and O–H groups in total. The highest BCUT2D eigenvalue weighted by Gasteiger charge is 1.95. The van der Waals surface area contributed by atoms with E-state index in [1.54, 1.807) is 0 Å². The number of aliphatic carboxylic acids is 1. The molecule has 2 nitrogen and oxygen atoms in total. The third-order valence-electron chi connectivity index (χ3n) is 3.58. The van der Waals surface area contributed by atoms with Crippen LogP contribution in [0.25, 0.3) is 0 Å². The van der Waals surface area contributed by atoms with Gasteiger partial charge in [0, 0.05) is 19.3 Å². The normalized spacial score (nSPS) is 9.04. The van der Waals surface area contributed by atoms with Crippen LogP contribution >= 0.6 is 0 Å². The molecule has 0 rings (SSSR count). The smallest absolute Gasteiger partial charge is 0.303 e. The van der Waals surface area contributed by atoms with Gasteiger partial charge in [-0.25, -0.2) is 0 Å². The average molecular weight is 328 g/mol. The molecule has 0 fully saturated rings. The van der Waals surface area contributed by atoms with Gasteiger partial charge in [0.25, 0.3) is 0 Å². The average Bonchev–Trinajstić information content (AvgIpc) is 2.56. The lowest BCUT2D eigenvalue weighted by Crippen LogP contribution is -1.93. The lowest BCUT2D eigenvalue weighted by Gasteiger charge is -1.95. The van der Waals surface area contributed by atoms with Gasteiger partial charge in [-0.1, -0.05) is 69.1 Å². The highest BCUT2D eigenvalue weighted by molar-refractivity contribution is 5.66. The van der Waals surface area contributed by atoms with E-state index in [1.165, 1.54) is 32.1 Å². The highest BCUT2D eigenvalue weighted by atomic mass is 16.4. The zero-order valence-electron chi connectivity index (χ0n) is 15.3. The Labute approximate surface area is 148 Å². The van der Waals surface area contributed by atoms with Crippen LogP contribution in [0.15, 0.2) is 0 Å². The topological polar surface area (TPSA) is 37.3 Å². The van der Waals surface area contributed by atoms with Crippen molar-refractivity contribution in [3.63, 3.8) is 0 Å². The van der Waals surface area contributed by atoms with Gasteiger partial charge in [-0.3, -0.25) is 4.79 Å². The fourth-order valence-electron chi connectivity index (χ4n) is 2.18. The van der Waals surface area contributed by atoms with Crippen LogP contribution in [-0.4, -0.2) is 11.1 Å². The van der Waals surface area contributed by atoms with E-state index in [4.69, 9.17) is 5.11 Å². The minimum Gasteiger partial charge on any atom is -0.481 e. The molecule has 0 aromatic rings. The van der Waals surface area contributed by atoms with Crippen molar-refractivity contribution in [2.75, 3.05) is 0 Å². The molecule has 0 aromatic heterocycles. The second-order valence-corrected chi connectivity index (χ2v) is 5.89. The number of carboxylic acids is 1. The Hall–Kier alpha value is -1.85. The van der Waals surface area contributed by atoms with Crippen molar-refractivity contribution in [3.05, 3.63) is 0 Å². The molecule has 0 heterocycles. The first-order chi connectivity index (χ1) is 11.8. The number of carboxylic acid groups (broad SMARTS) is 1. The highest BCUT2D eigenvalue weighted by Crippen LogP contribution is 2.05. The summed E-state index contributed by atoms with van der Waals surface area (Å²) in [5.41, 5.74) is 0. The Kier molecular flexibility index (Phi) is 17.7. The zero-order valence-corrected chi connectivity index (χ0v) is 15.3. The van der Waals surface area contributed by atoms with Crippen molar-refractivity contribution in [3.8, 4) is 35.5 Å². The number of hydrogen-bond acceptors (Lipinski definition) is 1. The maximum Gasteiger partial charge on any atom is 0.303 e. The predicted octanol–water partition coefficient (Wildman–Crippen LogP) is 5.56. The molecule has 0 aliphatic heterocycles. The maximum atomic E-state index is 10.3. The zero-order chi connectivity index (χ0) is 17.7. The number of unbranched alkanes of at least 4 members (excludes halogenated alkanes) is 9. The van der Waals surface area contributed by atoms with Gasteiger partial charge in [0.2, 0.25) is 0 Å². The third kappa shape index (κ3) is 20.1. The van der Waals surface area contributed by atoms with Gasteiger partial charge in [-0.2, -0.15) is 0 Å². The van der Waals surface area contributed by atoms with Crippen LogP contribution in [0, 0.1) is 35.5 Å². The summed E-state index contributed by atoms with van der Waals surface area (Å²) in [6.45, 7) is 2.23. The van der Waals surface area contributed by atoms with Crippen LogP contribution in [0.4, 0.5) is 0 Å². The first-order valence-electron chi connectivity index (χ1n) is 9.36. The molecule has 24 heavy (non-hydrogen) atoms. The summed E-state index contributed by atoms with van der Waals surface area (Å²) in [4.78, 5) is 10.3. The molecule has 0 unspecified atom stereocenters. The maximum absolute atomic E-state index is 10.3. The molecule has 0 aromatic carbocycles. The van der Waals surface area contributed by atoms with Gasteiger partial charge in [0.05, 0.1) is 12.8 Å². The molecule has 132 valence electrons. The second-order valence-electron chi connectivity index (χ2n) is 5.89. The van der Waals surface area contributed by atoms with Crippen molar-refractivity contribution in [2.45, 2.75) is 96.8 Å². The summed E-state index contributed by atoms with van der Waals surface area (Å²) in [7, 11) is 0. The third-order valence-corrected chi connectivity index (χ3v) is 3.58. The molecule has 0 saturated heterocycles. The Balaban J connectivity index is 3.41. The molecular formula is C22H32O2. The molecule has 2 heteroatoms. The second kappa shape index (κ2) is 19.2. The molecule has 0 radical (unpaired) electrons. The molecule has 0 amide bonds. The van der Waals surface area contributed by atoms with E-state index in [0.717, 1.165) is 38.5 Å². The van der Waals surface area contributed by atoms with Crippen LogP contribution < -0.4 is 0 Å². The SMILES string of the molecule is CCCCCCCC#CCC#CCC#CCCCCCCC(=O)O. The molecular weight excluding hydrogens is 296 g/mol. The molecule has 0 saturated carbocycles. The summed E-state index contributed by atoms with van der Waals surface area (Å²) in [6, 6.07) is 0. The van der Waals surface area contributed by atoms with E-state index in [0.29, 0.717) is 12.8 Å². The number of rotatable bonds is 11. The monoisotopic (exact) mass is 328 g/mol. The van der Waals surface area contributed by atoms with E-state index >= 15 is 0 Å². The Morgan fingerprint density at radius 3 is 1.62 bits per heavy atom. The quantitative estimate of drug-likeness (QED) is 0.398.